The molecular formula is C17H29IN6S. The molecule has 2 heterocycles. The lowest BCUT2D eigenvalue weighted by molar-refractivity contribution is 0.729. The molecule has 0 aliphatic carbocycles. The highest BCUT2D eigenvalue weighted by Crippen LogP contribution is 2.11. The van der Waals surface area contributed by atoms with Gasteiger partial charge in [0.15, 0.2) is 5.96 Å². The van der Waals surface area contributed by atoms with Gasteiger partial charge in [-0.1, -0.05) is 0 Å². The molecule has 0 unspecified atom stereocenters. The third-order valence-electron chi connectivity index (χ3n) is 3.97. The quantitative estimate of drug-likeness (QED) is 0.367. The van der Waals surface area contributed by atoms with Gasteiger partial charge in [-0.05, 0) is 39.7 Å². The minimum absolute atomic E-state index is 0. The lowest BCUT2D eigenvalue weighted by atomic mass is 10.1. The number of hydrogen-bond donors (Lipinski definition) is 2. The summed E-state index contributed by atoms with van der Waals surface area (Å²) in [4.78, 5) is 9.11. The summed E-state index contributed by atoms with van der Waals surface area (Å²) in [5, 5.41) is 14.4. The number of rotatable bonds is 7. The van der Waals surface area contributed by atoms with Crippen LogP contribution in [0.25, 0.3) is 0 Å². The maximum absolute atomic E-state index is 4.64. The summed E-state index contributed by atoms with van der Waals surface area (Å²) in [7, 11) is 1.99. The van der Waals surface area contributed by atoms with Crippen molar-refractivity contribution >= 4 is 41.3 Å². The van der Waals surface area contributed by atoms with Gasteiger partial charge in [0.25, 0.3) is 0 Å². The zero-order chi connectivity index (χ0) is 17.5. The number of aryl methyl sites for hydroxylation is 3. The van der Waals surface area contributed by atoms with Crippen LogP contribution in [0.5, 0.6) is 0 Å². The van der Waals surface area contributed by atoms with Gasteiger partial charge in [-0.3, -0.25) is 9.67 Å². The second-order valence-corrected chi connectivity index (χ2v) is 6.88. The second-order valence-electron chi connectivity index (χ2n) is 5.82. The molecular weight excluding hydrogens is 447 g/mol. The van der Waals surface area contributed by atoms with Crippen molar-refractivity contribution in [3.05, 3.63) is 33.0 Å². The van der Waals surface area contributed by atoms with E-state index >= 15 is 0 Å². The van der Waals surface area contributed by atoms with Gasteiger partial charge in [-0.15, -0.1) is 35.3 Å². The molecule has 0 aliphatic heterocycles. The smallest absolute Gasteiger partial charge is 0.191 e. The first-order chi connectivity index (χ1) is 11.5. The number of nitrogens with zero attached hydrogens (tertiary/aromatic N) is 4. The normalized spacial score (nSPS) is 11.3. The van der Waals surface area contributed by atoms with E-state index in [9.17, 15) is 0 Å². The number of nitrogens with one attached hydrogen (secondary N) is 2. The van der Waals surface area contributed by atoms with E-state index in [1.807, 2.05) is 18.7 Å². The summed E-state index contributed by atoms with van der Waals surface area (Å²) < 4.78 is 1.94. The lowest BCUT2D eigenvalue weighted by Crippen LogP contribution is -2.38. The Morgan fingerprint density at radius 2 is 2.00 bits per heavy atom. The molecule has 0 radical (unpaired) electrons. The highest BCUT2D eigenvalue weighted by Gasteiger charge is 2.09. The monoisotopic (exact) mass is 476 g/mol. The van der Waals surface area contributed by atoms with E-state index in [1.54, 1.807) is 11.3 Å². The van der Waals surface area contributed by atoms with Crippen LogP contribution in [0, 0.1) is 20.8 Å². The van der Waals surface area contributed by atoms with Gasteiger partial charge in [0.1, 0.15) is 0 Å². The zero-order valence-electron chi connectivity index (χ0n) is 15.7. The molecule has 6 nitrogen and oxygen atoms in total. The number of halogens is 1. The molecule has 0 bridgehead atoms. The predicted molar refractivity (Wildman–Crippen MR) is 116 cm³/mol. The Balaban J connectivity index is 0.00000312. The van der Waals surface area contributed by atoms with Crippen molar-refractivity contribution in [3.8, 4) is 0 Å². The molecule has 0 aliphatic rings. The van der Waals surface area contributed by atoms with Crippen LogP contribution >= 0.6 is 35.3 Å². The first kappa shape index (κ1) is 21.9. The molecule has 2 aromatic heterocycles. The highest BCUT2D eigenvalue weighted by molar-refractivity contribution is 14.0. The van der Waals surface area contributed by atoms with Crippen LogP contribution in [0.4, 0.5) is 0 Å². The van der Waals surface area contributed by atoms with Crippen LogP contribution in [0.2, 0.25) is 0 Å². The molecule has 2 N–H and O–H groups in total. The van der Waals surface area contributed by atoms with Crippen molar-refractivity contribution < 1.29 is 0 Å². The fourth-order valence-electron chi connectivity index (χ4n) is 2.63. The molecule has 0 atom stereocenters. The van der Waals surface area contributed by atoms with Crippen molar-refractivity contribution in [2.24, 2.45) is 12.0 Å². The Morgan fingerprint density at radius 1 is 1.24 bits per heavy atom. The maximum atomic E-state index is 4.64. The van der Waals surface area contributed by atoms with E-state index in [0.717, 1.165) is 54.8 Å². The molecule has 25 heavy (non-hydrogen) atoms. The molecule has 2 aromatic rings. The topological polar surface area (TPSA) is 67.1 Å². The van der Waals surface area contributed by atoms with Gasteiger partial charge in [0.2, 0.25) is 0 Å². The standard InChI is InChI=1S/C17H28N6S.HI/c1-6-18-17(19-9-7-15-11-24-14(4)21-15)20-10-8-16-12(2)22-23(5)13(16)3;/h11H,6-10H2,1-5H3,(H2,18,19,20);1H. The molecule has 140 valence electrons. The predicted octanol–water partition coefficient (Wildman–Crippen LogP) is 2.76. The second kappa shape index (κ2) is 10.7. The van der Waals surface area contributed by atoms with Crippen LogP contribution in [-0.4, -0.2) is 40.4 Å². The fraction of sp³-hybridized carbons (Fsp3) is 0.588. The van der Waals surface area contributed by atoms with E-state index in [2.05, 4.69) is 51.9 Å². The average Bonchev–Trinajstić information content (AvgIpc) is 3.05. The molecule has 0 fully saturated rings. The molecule has 2 rings (SSSR count). The number of hydrogen-bond acceptors (Lipinski definition) is 4. The Morgan fingerprint density at radius 3 is 2.56 bits per heavy atom. The summed E-state index contributed by atoms with van der Waals surface area (Å²) in [6.45, 7) is 10.7. The zero-order valence-corrected chi connectivity index (χ0v) is 18.9. The van der Waals surface area contributed by atoms with Crippen LogP contribution in [0.3, 0.4) is 0 Å². The van der Waals surface area contributed by atoms with Crippen LogP contribution in [0.15, 0.2) is 10.4 Å². The minimum atomic E-state index is 0. The molecule has 0 spiro atoms. The first-order valence-corrected chi connectivity index (χ1v) is 9.31. The van der Waals surface area contributed by atoms with Crippen LogP contribution in [0.1, 0.15) is 34.6 Å². The van der Waals surface area contributed by atoms with Gasteiger partial charge in [-0.2, -0.15) is 5.10 Å². The summed E-state index contributed by atoms with van der Waals surface area (Å²) in [5.74, 6) is 0.864. The lowest BCUT2D eigenvalue weighted by Gasteiger charge is -2.11. The van der Waals surface area contributed by atoms with Crippen molar-refractivity contribution in [1.29, 1.82) is 0 Å². The van der Waals surface area contributed by atoms with Crippen LogP contribution in [-0.2, 0) is 19.9 Å². The van der Waals surface area contributed by atoms with Gasteiger partial charge in [0.05, 0.1) is 16.4 Å². The SMILES string of the molecule is CCNC(=NCCc1csc(C)n1)NCCc1c(C)nn(C)c1C.I. The number of thiazole rings is 1. The Labute approximate surface area is 171 Å². The van der Waals surface area contributed by atoms with Crippen molar-refractivity contribution in [3.63, 3.8) is 0 Å². The minimum Gasteiger partial charge on any atom is -0.357 e. The largest absolute Gasteiger partial charge is 0.357 e. The van der Waals surface area contributed by atoms with E-state index in [0.29, 0.717) is 0 Å². The number of aromatic nitrogens is 3. The Hall–Kier alpha value is -1.16. The fourth-order valence-corrected chi connectivity index (χ4v) is 3.28. The Kier molecular flexibility index (Phi) is 9.41. The molecule has 0 saturated carbocycles. The van der Waals surface area contributed by atoms with E-state index in [-0.39, 0.29) is 24.0 Å². The molecule has 0 aromatic carbocycles. The van der Waals surface area contributed by atoms with E-state index in [4.69, 9.17) is 0 Å². The number of aliphatic imine (C=N–C) groups is 1. The molecule has 0 saturated heterocycles. The van der Waals surface area contributed by atoms with Gasteiger partial charge in [0, 0.05) is 44.2 Å². The highest BCUT2D eigenvalue weighted by atomic mass is 127. The van der Waals surface area contributed by atoms with Crippen molar-refractivity contribution in [2.75, 3.05) is 19.6 Å². The van der Waals surface area contributed by atoms with Gasteiger partial charge in [-0.25, -0.2) is 4.98 Å². The van der Waals surface area contributed by atoms with Crippen molar-refractivity contribution in [1.82, 2.24) is 25.4 Å². The van der Waals surface area contributed by atoms with Gasteiger partial charge >= 0.3 is 0 Å². The molecule has 8 heteroatoms. The third kappa shape index (κ3) is 6.58. The number of guanidine groups is 1. The summed E-state index contributed by atoms with van der Waals surface area (Å²) in [6, 6.07) is 0. The third-order valence-corrected chi connectivity index (χ3v) is 4.80. The average molecular weight is 476 g/mol. The van der Waals surface area contributed by atoms with E-state index < -0.39 is 0 Å². The summed E-state index contributed by atoms with van der Waals surface area (Å²) >= 11 is 1.69. The summed E-state index contributed by atoms with van der Waals surface area (Å²) in [6.07, 6.45) is 1.82. The maximum Gasteiger partial charge on any atom is 0.191 e. The Bertz CT molecular complexity index is 691. The van der Waals surface area contributed by atoms with Gasteiger partial charge < -0.3 is 10.6 Å². The first-order valence-electron chi connectivity index (χ1n) is 8.43. The molecule has 0 amide bonds. The summed E-state index contributed by atoms with van der Waals surface area (Å²) in [5.41, 5.74) is 4.78. The van der Waals surface area contributed by atoms with E-state index in [1.165, 1.54) is 11.3 Å². The van der Waals surface area contributed by atoms with Crippen LogP contribution < -0.4 is 10.6 Å². The van der Waals surface area contributed by atoms with Crippen molar-refractivity contribution in [2.45, 2.75) is 40.5 Å².